The van der Waals surface area contributed by atoms with Gasteiger partial charge in [-0.05, 0) is 17.3 Å². The van der Waals surface area contributed by atoms with Crippen LogP contribution in [0.5, 0.6) is 0 Å². The Labute approximate surface area is 95.4 Å². The molecule has 0 bridgehead atoms. The average molecular weight is 232 g/mol. The molecule has 0 aliphatic rings. The molecule has 0 aromatic carbocycles. The van der Waals surface area contributed by atoms with Crippen molar-refractivity contribution in [2.75, 3.05) is 23.9 Å². The molecule has 90 valence electrons. The van der Waals surface area contributed by atoms with Crippen molar-refractivity contribution < 1.29 is 10.2 Å². The third kappa shape index (κ3) is 4.46. The first kappa shape index (κ1) is 14.8. The van der Waals surface area contributed by atoms with Gasteiger partial charge < -0.3 is 10.2 Å². The van der Waals surface area contributed by atoms with E-state index in [9.17, 15) is 5.11 Å². The van der Waals surface area contributed by atoms with E-state index in [0.29, 0.717) is 0 Å². The highest BCUT2D eigenvalue weighted by molar-refractivity contribution is 8.37. The van der Waals surface area contributed by atoms with Gasteiger partial charge in [0, 0.05) is 12.5 Å². The zero-order valence-corrected chi connectivity index (χ0v) is 11.1. The summed E-state index contributed by atoms with van der Waals surface area (Å²) in [4.78, 5) is 0. The lowest BCUT2D eigenvalue weighted by atomic mass is 10.1. The molecule has 0 saturated carbocycles. The van der Waals surface area contributed by atoms with E-state index in [1.54, 1.807) is 6.92 Å². The maximum Gasteiger partial charge on any atom is 0.120 e. The lowest BCUT2D eigenvalue weighted by Gasteiger charge is -2.30. The minimum atomic E-state index is -0.850. The Morgan fingerprint density at radius 3 is 1.93 bits per heavy atom. The van der Waals surface area contributed by atoms with Crippen LogP contribution in [0.1, 0.15) is 27.7 Å². The standard InChI is InChI=1S/C12H24O2S/c1-5-15(6-2,7-3)9-8-12(14)11(4)10-13/h11-14H,5-7,10H2,1-4H3/t11-,12+/m0/s1. The predicted octanol–water partition coefficient (Wildman–Crippen LogP) is 1.80. The monoisotopic (exact) mass is 232 g/mol. The maximum absolute atomic E-state index is 9.65. The first-order valence-electron chi connectivity index (χ1n) is 5.62. The van der Waals surface area contributed by atoms with Crippen molar-refractivity contribution in [3.05, 3.63) is 0 Å². The zero-order valence-electron chi connectivity index (χ0n) is 10.3. The van der Waals surface area contributed by atoms with Gasteiger partial charge >= 0.3 is 0 Å². The second-order valence-corrected chi connectivity index (χ2v) is 7.79. The van der Waals surface area contributed by atoms with Crippen LogP contribution in [0, 0.1) is 17.1 Å². The van der Waals surface area contributed by atoms with Crippen LogP contribution in [0.25, 0.3) is 0 Å². The van der Waals surface area contributed by atoms with Gasteiger partial charge in [0.1, 0.15) is 6.10 Å². The molecule has 2 N–H and O–H groups in total. The molecular formula is C12H24O2S. The van der Waals surface area contributed by atoms with Gasteiger partial charge in [-0.25, -0.2) is 0 Å². The van der Waals surface area contributed by atoms with Crippen LogP contribution >= 0.6 is 10.0 Å². The van der Waals surface area contributed by atoms with Crippen LogP contribution in [0.3, 0.4) is 0 Å². The summed E-state index contributed by atoms with van der Waals surface area (Å²) in [6.45, 7) is 8.29. The van der Waals surface area contributed by atoms with Crippen molar-refractivity contribution in [2.45, 2.75) is 33.8 Å². The van der Waals surface area contributed by atoms with Crippen molar-refractivity contribution in [3.8, 4) is 11.2 Å². The molecule has 0 rings (SSSR count). The summed E-state index contributed by atoms with van der Waals surface area (Å²) >= 11 is 0. The second-order valence-electron chi connectivity index (χ2n) is 3.76. The SMILES string of the molecule is CCS(C#C[C@@H](O)[C@@H](C)CO)(CC)CC. The Bertz CT molecular complexity index is 217. The van der Waals surface area contributed by atoms with Crippen LogP contribution in [0.2, 0.25) is 0 Å². The van der Waals surface area contributed by atoms with Crippen LogP contribution < -0.4 is 0 Å². The molecule has 3 heteroatoms. The van der Waals surface area contributed by atoms with E-state index in [0.717, 1.165) is 17.3 Å². The molecule has 0 amide bonds. The van der Waals surface area contributed by atoms with E-state index in [4.69, 9.17) is 5.11 Å². The minimum Gasteiger partial charge on any atom is -0.396 e. The van der Waals surface area contributed by atoms with Crippen molar-refractivity contribution in [3.63, 3.8) is 0 Å². The highest BCUT2D eigenvalue weighted by Gasteiger charge is 2.15. The molecule has 0 saturated heterocycles. The fraction of sp³-hybridized carbons (Fsp3) is 0.833. The van der Waals surface area contributed by atoms with Crippen LogP contribution in [0.15, 0.2) is 0 Å². The Hall–Kier alpha value is -0.170. The average Bonchev–Trinajstić information content (AvgIpc) is 2.30. The number of hydrogen-bond donors (Lipinski definition) is 2. The second kappa shape index (κ2) is 7.16. The summed E-state index contributed by atoms with van der Waals surface area (Å²) in [5.41, 5.74) is 0. The number of aliphatic hydroxyl groups excluding tert-OH is 2. The molecule has 0 radical (unpaired) electrons. The van der Waals surface area contributed by atoms with Gasteiger partial charge in [-0.2, -0.15) is 10.0 Å². The number of aliphatic hydroxyl groups is 2. The normalized spacial score (nSPS) is 16.4. The molecule has 0 heterocycles. The van der Waals surface area contributed by atoms with Gasteiger partial charge in [0.2, 0.25) is 0 Å². The van der Waals surface area contributed by atoms with Gasteiger partial charge in [0.25, 0.3) is 0 Å². The van der Waals surface area contributed by atoms with E-state index in [2.05, 4.69) is 31.9 Å². The molecule has 0 aromatic rings. The number of rotatable bonds is 5. The van der Waals surface area contributed by atoms with Crippen LogP contribution in [-0.2, 0) is 0 Å². The fourth-order valence-electron chi connectivity index (χ4n) is 1.26. The predicted molar refractivity (Wildman–Crippen MR) is 69.2 cm³/mol. The first-order chi connectivity index (χ1) is 7.05. The molecule has 0 aliphatic heterocycles. The summed E-state index contributed by atoms with van der Waals surface area (Å²) in [5, 5.41) is 21.8. The summed E-state index contributed by atoms with van der Waals surface area (Å²) in [6, 6.07) is 0. The smallest absolute Gasteiger partial charge is 0.120 e. The van der Waals surface area contributed by atoms with Crippen LogP contribution in [-0.4, -0.2) is 40.2 Å². The highest BCUT2D eigenvalue weighted by atomic mass is 32.3. The summed E-state index contributed by atoms with van der Waals surface area (Å²) in [5.74, 6) is 6.03. The van der Waals surface area contributed by atoms with Gasteiger partial charge in [0.15, 0.2) is 0 Å². The van der Waals surface area contributed by atoms with Gasteiger partial charge in [-0.15, -0.1) is 0 Å². The quantitative estimate of drug-likeness (QED) is 0.710. The molecule has 15 heavy (non-hydrogen) atoms. The molecule has 0 spiro atoms. The molecule has 0 aliphatic carbocycles. The first-order valence-corrected chi connectivity index (χ1v) is 7.76. The molecule has 2 atom stereocenters. The fourth-order valence-corrected chi connectivity index (χ4v) is 3.28. The highest BCUT2D eigenvalue weighted by Crippen LogP contribution is 2.45. The number of hydrogen-bond acceptors (Lipinski definition) is 2. The minimum absolute atomic E-state index is 0.0114. The van der Waals surface area contributed by atoms with E-state index >= 15 is 0 Å². The van der Waals surface area contributed by atoms with E-state index in [1.807, 2.05) is 0 Å². The summed E-state index contributed by atoms with van der Waals surface area (Å²) in [7, 11) is -0.850. The third-order valence-corrected chi connectivity index (χ3v) is 6.77. The Kier molecular flexibility index (Phi) is 7.08. The van der Waals surface area contributed by atoms with Gasteiger partial charge in [-0.3, -0.25) is 0 Å². The van der Waals surface area contributed by atoms with E-state index < -0.39 is 16.1 Å². The largest absolute Gasteiger partial charge is 0.396 e. The van der Waals surface area contributed by atoms with Gasteiger partial charge in [0.05, 0.1) is 0 Å². The van der Waals surface area contributed by atoms with Crippen LogP contribution in [0.4, 0.5) is 0 Å². The van der Waals surface area contributed by atoms with Crippen molar-refractivity contribution in [1.82, 2.24) is 0 Å². The van der Waals surface area contributed by atoms with Gasteiger partial charge in [-0.1, -0.05) is 38.9 Å². The Morgan fingerprint density at radius 2 is 1.60 bits per heavy atom. The maximum atomic E-state index is 9.65. The Balaban J connectivity index is 4.59. The molecule has 0 fully saturated rings. The topological polar surface area (TPSA) is 40.5 Å². The molecule has 0 aromatic heterocycles. The lowest BCUT2D eigenvalue weighted by Crippen LogP contribution is -2.19. The van der Waals surface area contributed by atoms with Crippen molar-refractivity contribution in [1.29, 1.82) is 0 Å². The zero-order chi connectivity index (χ0) is 11.9. The lowest BCUT2D eigenvalue weighted by molar-refractivity contribution is 0.118. The molecule has 2 nitrogen and oxygen atoms in total. The van der Waals surface area contributed by atoms with Crippen molar-refractivity contribution in [2.24, 2.45) is 5.92 Å². The third-order valence-electron chi connectivity index (χ3n) is 2.91. The summed E-state index contributed by atoms with van der Waals surface area (Å²) < 4.78 is 0. The van der Waals surface area contributed by atoms with E-state index in [-0.39, 0.29) is 12.5 Å². The molecule has 0 unspecified atom stereocenters. The van der Waals surface area contributed by atoms with E-state index in [1.165, 1.54) is 0 Å². The molecular weight excluding hydrogens is 208 g/mol. The summed E-state index contributed by atoms with van der Waals surface area (Å²) in [6.07, 6.45) is -0.688. The van der Waals surface area contributed by atoms with Crippen molar-refractivity contribution >= 4 is 10.0 Å². The Morgan fingerprint density at radius 1 is 1.13 bits per heavy atom.